The second kappa shape index (κ2) is 6.40. The van der Waals surface area contributed by atoms with Crippen LogP contribution in [0.5, 0.6) is 11.5 Å². The van der Waals surface area contributed by atoms with Gasteiger partial charge >= 0.3 is 0 Å². The molecular weight excluding hydrogens is 382 g/mol. The zero-order valence-electron chi connectivity index (χ0n) is 14.3. The van der Waals surface area contributed by atoms with E-state index in [1.807, 2.05) is 54.4 Å². The number of halogens is 1. The molecule has 7 heteroatoms. The van der Waals surface area contributed by atoms with Crippen molar-refractivity contribution in [1.82, 2.24) is 9.97 Å². The van der Waals surface area contributed by atoms with Crippen LogP contribution in [-0.2, 0) is 0 Å². The fourth-order valence-corrected chi connectivity index (χ4v) is 4.32. The van der Waals surface area contributed by atoms with Crippen LogP contribution in [0.25, 0.3) is 20.7 Å². The zero-order valence-corrected chi connectivity index (χ0v) is 15.9. The SMILES string of the molecule is CN(c1ccc2c(c1)OCO2)c1ncnc2cc(-c3ccc(Cl)cc3)sc12. The second-order valence-corrected chi connectivity index (χ2v) is 7.61. The molecule has 27 heavy (non-hydrogen) atoms. The maximum atomic E-state index is 6.01. The smallest absolute Gasteiger partial charge is 0.231 e. The van der Waals surface area contributed by atoms with E-state index in [1.54, 1.807) is 17.7 Å². The molecule has 4 aromatic rings. The largest absolute Gasteiger partial charge is 0.454 e. The van der Waals surface area contributed by atoms with E-state index >= 15 is 0 Å². The molecule has 0 saturated heterocycles. The molecule has 1 aliphatic heterocycles. The van der Waals surface area contributed by atoms with E-state index in [9.17, 15) is 0 Å². The summed E-state index contributed by atoms with van der Waals surface area (Å²) in [6.07, 6.45) is 1.60. The lowest BCUT2D eigenvalue weighted by molar-refractivity contribution is 0.174. The third-order valence-corrected chi connectivity index (χ3v) is 5.90. The standard InChI is InChI=1S/C20H14ClN3O2S/c1-24(14-6-7-16-17(8-14)26-11-25-16)20-19-15(22-10-23-20)9-18(27-19)12-2-4-13(21)5-3-12/h2-10H,11H2,1H3. The molecule has 0 unspecified atom stereocenters. The third kappa shape index (κ3) is 2.87. The normalized spacial score (nSPS) is 12.5. The molecule has 0 N–H and O–H groups in total. The Balaban J connectivity index is 1.57. The van der Waals surface area contributed by atoms with Crippen LogP contribution in [0, 0.1) is 0 Å². The van der Waals surface area contributed by atoms with Crippen LogP contribution < -0.4 is 14.4 Å². The lowest BCUT2D eigenvalue weighted by Crippen LogP contribution is -2.11. The number of anilines is 2. The summed E-state index contributed by atoms with van der Waals surface area (Å²) in [5.74, 6) is 2.36. The van der Waals surface area contributed by atoms with E-state index in [1.165, 1.54) is 0 Å². The van der Waals surface area contributed by atoms with Crippen molar-refractivity contribution in [1.29, 1.82) is 0 Å². The van der Waals surface area contributed by atoms with Gasteiger partial charge in [-0.05, 0) is 35.9 Å². The highest BCUT2D eigenvalue weighted by Crippen LogP contribution is 2.41. The van der Waals surface area contributed by atoms with Crippen LogP contribution in [-0.4, -0.2) is 23.8 Å². The predicted octanol–water partition coefficient (Wildman–Crippen LogP) is 5.51. The first-order valence-electron chi connectivity index (χ1n) is 8.33. The number of hydrogen-bond acceptors (Lipinski definition) is 6. The third-order valence-electron chi connectivity index (χ3n) is 4.48. The molecule has 0 amide bonds. The van der Waals surface area contributed by atoms with Gasteiger partial charge in [0.15, 0.2) is 17.3 Å². The van der Waals surface area contributed by atoms with E-state index in [0.29, 0.717) is 0 Å². The molecule has 0 saturated carbocycles. The van der Waals surface area contributed by atoms with Gasteiger partial charge in [-0.25, -0.2) is 9.97 Å². The molecular formula is C20H14ClN3O2S. The summed E-state index contributed by atoms with van der Waals surface area (Å²) in [5, 5.41) is 0.725. The van der Waals surface area contributed by atoms with Gasteiger partial charge in [0.05, 0.1) is 10.2 Å². The second-order valence-electron chi connectivity index (χ2n) is 6.13. The molecule has 0 spiro atoms. The fraction of sp³-hybridized carbons (Fsp3) is 0.100. The van der Waals surface area contributed by atoms with Crippen molar-refractivity contribution in [2.45, 2.75) is 0 Å². The van der Waals surface area contributed by atoms with Gasteiger partial charge < -0.3 is 14.4 Å². The van der Waals surface area contributed by atoms with E-state index in [-0.39, 0.29) is 6.79 Å². The molecule has 0 radical (unpaired) electrons. The average molecular weight is 396 g/mol. The maximum Gasteiger partial charge on any atom is 0.231 e. The summed E-state index contributed by atoms with van der Waals surface area (Å²) in [5.41, 5.74) is 3.00. The maximum absolute atomic E-state index is 6.01. The molecule has 0 aliphatic carbocycles. The Morgan fingerprint density at radius 2 is 1.81 bits per heavy atom. The number of hydrogen-bond donors (Lipinski definition) is 0. The molecule has 134 valence electrons. The van der Waals surface area contributed by atoms with Gasteiger partial charge in [0.25, 0.3) is 0 Å². The minimum atomic E-state index is 0.260. The van der Waals surface area contributed by atoms with E-state index < -0.39 is 0 Å². The van der Waals surface area contributed by atoms with Crippen LogP contribution in [0.15, 0.2) is 54.9 Å². The van der Waals surface area contributed by atoms with Crippen LogP contribution in [0.4, 0.5) is 11.5 Å². The van der Waals surface area contributed by atoms with E-state index in [4.69, 9.17) is 21.1 Å². The minimum Gasteiger partial charge on any atom is -0.454 e. The summed E-state index contributed by atoms with van der Waals surface area (Å²) < 4.78 is 11.9. The Hall–Kier alpha value is -2.83. The molecule has 0 atom stereocenters. The summed E-state index contributed by atoms with van der Waals surface area (Å²) in [4.78, 5) is 12.1. The van der Waals surface area contributed by atoms with E-state index in [2.05, 4.69) is 16.0 Å². The van der Waals surface area contributed by atoms with Gasteiger partial charge in [-0.3, -0.25) is 0 Å². The molecule has 5 rings (SSSR count). The lowest BCUT2D eigenvalue weighted by atomic mass is 10.2. The highest BCUT2D eigenvalue weighted by atomic mass is 35.5. The Morgan fingerprint density at radius 1 is 1.00 bits per heavy atom. The molecule has 5 nitrogen and oxygen atoms in total. The van der Waals surface area contributed by atoms with Crippen molar-refractivity contribution < 1.29 is 9.47 Å². The van der Waals surface area contributed by atoms with Crippen molar-refractivity contribution in [2.24, 2.45) is 0 Å². The van der Waals surface area contributed by atoms with Crippen molar-refractivity contribution >= 4 is 44.7 Å². The number of nitrogens with zero attached hydrogens (tertiary/aromatic N) is 3. The number of aromatic nitrogens is 2. The van der Waals surface area contributed by atoms with Gasteiger partial charge in [0, 0.05) is 28.7 Å². The van der Waals surface area contributed by atoms with Gasteiger partial charge in [-0.2, -0.15) is 0 Å². The summed E-state index contributed by atoms with van der Waals surface area (Å²) in [6, 6.07) is 15.8. The first-order chi connectivity index (χ1) is 13.2. The zero-order chi connectivity index (χ0) is 18.4. The van der Waals surface area contributed by atoms with Crippen LogP contribution >= 0.6 is 22.9 Å². The van der Waals surface area contributed by atoms with Crippen molar-refractivity contribution in [3.05, 3.63) is 59.9 Å². The number of fused-ring (bicyclic) bond motifs is 2. The highest BCUT2D eigenvalue weighted by Gasteiger charge is 2.18. The summed E-state index contributed by atoms with van der Waals surface area (Å²) >= 11 is 7.67. The Bertz CT molecular complexity index is 1140. The summed E-state index contributed by atoms with van der Waals surface area (Å²) in [6.45, 7) is 0.260. The first kappa shape index (κ1) is 16.4. The van der Waals surface area contributed by atoms with Gasteiger partial charge in [-0.1, -0.05) is 23.7 Å². The minimum absolute atomic E-state index is 0.260. The molecule has 0 bridgehead atoms. The molecule has 0 fully saturated rings. The average Bonchev–Trinajstić information content (AvgIpc) is 3.33. The van der Waals surface area contributed by atoms with Gasteiger partial charge in [0.2, 0.25) is 6.79 Å². The van der Waals surface area contributed by atoms with Crippen molar-refractivity contribution in [3.63, 3.8) is 0 Å². The Labute approximate surface area is 164 Å². The monoisotopic (exact) mass is 395 g/mol. The lowest BCUT2D eigenvalue weighted by Gasteiger charge is -2.19. The summed E-state index contributed by atoms with van der Waals surface area (Å²) in [7, 11) is 1.99. The molecule has 3 heterocycles. The van der Waals surface area contributed by atoms with Crippen LogP contribution in [0.2, 0.25) is 5.02 Å². The molecule has 2 aromatic heterocycles. The first-order valence-corrected chi connectivity index (χ1v) is 9.52. The Kier molecular flexibility index (Phi) is 3.88. The van der Waals surface area contributed by atoms with Crippen molar-refractivity contribution in [3.8, 4) is 21.9 Å². The number of rotatable bonds is 3. The number of thiophene rings is 1. The topological polar surface area (TPSA) is 47.5 Å². The number of ether oxygens (including phenoxy) is 2. The fourth-order valence-electron chi connectivity index (χ4n) is 3.05. The van der Waals surface area contributed by atoms with Crippen LogP contribution in [0.3, 0.4) is 0 Å². The Morgan fingerprint density at radius 3 is 2.67 bits per heavy atom. The molecule has 2 aromatic carbocycles. The predicted molar refractivity (Wildman–Crippen MR) is 108 cm³/mol. The van der Waals surface area contributed by atoms with Gasteiger partial charge in [0.1, 0.15) is 6.33 Å². The highest BCUT2D eigenvalue weighted by molar-refractivity contribution is 7.22. The molecule has 1 aliphatic rings. The van der Waals surface area contributed by atoms with Crippen molar-refractivity contribution in [2.75, 3.05) is 18.7 Å². The van der Waals surface area contributed by atoms with Gasteiger partial charge in [-0.15, -0.1) is 11.3 Å². The van der Waals surface area contributed by atoms with Crippen LogP contribution in [0.1, 0.15) is 0 Å². The number of benzene rings is 2. The van der Waals surface area contributed by atoms with E-state index in [0.717, 1.165) is 48.7 Å². The quantitative estimate of drug-likeness (QED) is 0.458.